The number of allylic oxidation sites excluding steroid dienone is 1. The molecule has 64 valence electrons. The Morgan fingerprint density at radius 2 is 1.82 bits per heavy atom. The van der Waals surface area contributed by atoms with Crippen LogP contribution < -0.4 is 0 Å². The Kier molecular flexibility index (Phi) is 4.58. The molecule has 11 heavy (non-hydrogen) atoms. The standard InChI is InChI=1S/C10H18S/c1-7(2)9(5)6-10(11)8(3)4/h8-9H,1,6H2,2-5H3. The first-order valence-electron chi connectivity index (χ1n) is 4.13. The molecule has 0 aliphatic heterocycles. The van der Waals surface area contributed by atoms with Crippen LogP contribution in [0.2, 0.25) is 0 Å². The minimum absolute atomic E-state index is 0.534. The molecule has 0 nitrogen and oxygen atoms in total. The van der Waals surface area contributed by atoms with E-state index in [1.165, 1.54) is 10.4 Å². The normalized spacial score (nSPS) is 13.2. The fourth-order valence-corrected chi connectivity index (χ4v) is 0.962. The maximum absolute atomic E-state index is 5.23. The molecule has 0 rings (SSSR count). The number of hydrogen-bond donors (Lipinski definition) is 0. The third-order valence-electron chi connectivity index (χ3n) is 1.99. The molecule has 1 atom stereocenters. The van der Waals surface area contributed by atoms with Crippen molar-refractivity contribution in [3.63, 3.8) is 0 Å². The minimum Gasteiger partial charge on any atom is -0.0999 e. The molecule has 1 heteroatoms. The van der Waals surface area contributed by atoms with Gasteiger partial charge in [0.25, 0.3) is 0 Å². The van der Waals surface area contributed by atoms with Crippen LogP contribution in [-0.4, -0.2) is 4.86 Å². The molecule has 0 aromatic carbocycles. The molecule has 0 aromatic heterocycles. The largest absolute Gasteiger partial charge is 0.0999 e. The Bertz CT molecular complexity index is 156. The summed E-state index contributed by atoms with van der Waals surface area (Å²) in [5, 5.41) is 0. The van der Waals surface area contributed by atoms with Gasteiger partial charge in [-0.3, -0.25) is 0 Å². The molecule has 0 bridgehead atoms. The van der Waals surface area contributed by atoms with Gasteiger partial charge in [0.05, 0.1) is 0 Å². The van der Waals surface area contributed by atoms with Crippen molar-refractivity contribution < 1.29 is 0 Å². The van der Waals surface area contributed by atoms with E-state index in [0.29, 0.717) is 11.8 Å². The number of rotatable bonds is 4. The highest BCUT2D eigenvalue weighted by Gasteiger charge is 2.08. The zero-order valence-electron chi connectivity index (χ0n) is 7.98. The summed E-state index contributed by atoms with van der Waals surface area (Å²) in [6.45, 7) is 12.4. The fraction of sp³-hybridized carbons (Fsp3) is 0.700. The molecule has 0 saturated heterocycles. The van der Waals surface area contributed by atoms with Crippen LogP contribution in [0.4, 0.5) is 0 Å². The summed E-state index contributed by atoms with van der Waals surface area (Å²) >= 11 is 5.23. The van der Waals surface area contributed by atoms with Gasteiger partial charge in [-0.25, -0.2) is 0 Å². The van der Waals surface area contributed by atoms with E-state index in [4.69, 9.17) is 12.2 Å². The molecular formula is C10H18S. The summed E-state index contributed by atoms with van der Waals surface area (Å²) < 4.78 is 0. The van der Waals surface area contributed by atoms with Gasteiger partial charge >= 0.3 is 0 Å². The van der Waals surface area contributed by atoms with Crippen LogP contribution in [0.3, 0.4) is 0 Å². The van der Waals surface area contributed by atoms with Crippen LogP contribution in [0.15, 0.2) is 12.2 Å². The first kappa shape index (κ1) is 10.8. The second-order valence-corrected chi connectivity index (χ2v) is 4.10. The van der Waals surface area contributed by atoms with E-state index >= 15 is 0 Å². The van der Waals surface area contributed by atoms with Crippen molar-refractivity contribution in [3.05, 3.63) is 12.2 Å². The van der Waals surface area contributed by atoms with Crippen LogP contribution in [0.1, 0.15) is 34.1 Å². The molecule has 0 saturated carbocycles. The van der Waals surface area contributed by atoms with Crippen LogP contribution in [0.25, 0.3) is 0 Å². The van der Waals surface area contributed by atoms with Crippen molar-refractivity contribution in [2.45, 2.75) is 34.1 Å². The molecular weight excluding hydrogens is 152 g/mol. The van der Waals surface area contributed by atoms with Crippen LogP contribution in [0.5, 0.6) is 0 Å². The molecule has 0 aromatic rings. The minimum atomic E-state index is 0.534. The van der Waals surface area contributed by atoms with Gasteiger partial charge < -0.3 is 0 Å². The Hall–Kier alpha value is -0.170. The SMILES string of the molecule is C=C(C)C(C)CC(=S)C(C)C. The third-order valence-corrected chi connectivity index (χ3v) is 2.63. The Balaban J connectivity index is 3.85. The van der Waals surface area contributed by atoms with Gasteiger partial charge in [-0.05, 0) is 30.0 Å². The second kappa shape index (κ2) is 4.66. The summed E-state index contributed by atoms with van der Waals surface area (Å²) in [7, 11) is 0. The summed E-state index contributed by atoms with van der Waals surface area (Å²) in [6, 6.07) is 0. The van der Waals surface area contributed by atoms with E-state index in [0.717, 1.165) is 6.42 Å². The van der Waals surface area contributed by atoms with Gasteiger partial charge in [0.15, 0.2) is 0 Å². The van der Waals surface area contributed by atoms with Crippen molar-refractivity contribution in [2.75, 3.05) is 0 Å². The predicted molar refractivity (Wildman–Crippen MR) is 56.0 cm³/mol. The first-order valence-corrected chi connectivity index (χ1v) is 4.54. The molecule has 0 N–H and O–H groups in total. The van der Waals surface area contributed by atoms with Crippen LogP contribution in [0, 0.1) is 11.8 Å². The van der Waals surface area contributed by atoms with Gasteiger partial charge in [-0.2, -0.15) is 0 Å². The first-order chi connectivity index (χ1) is 4.95. The van der Waals surface area contributed by atoms with Gasteiger partial charge in [-0.1, -0.05) is 45.1 Å². The van der Waals surface area contributed by atoms with E-state index in [9.17, 15) is 0 Å². The zero-order valence-corrected chi connectivity index (χ0v) is 8.79. The van der Waals surface area contributed by atoms with E-state index < -0.39 is 0 Å². The molecule has 0 fully saturated rings. The second-order valence-electron chi connectivity index (χ2n) is 3.57. The smallest absolute Gasteiger partial charge is 0.00402 e. The molecule has 1 unspecified atom stereocenters. The van der Waals surface area contributed by atoms with Gasteiger partial charge in [0.2, 0.25) is 0 Å². The summed E-state index contributed by atoms with van der Waals surface area (Å²) in [5.74, 6) is 1.08. The van der Waals surface area contributed by atoms with Gasteiger partial charge in [0, 0.05) is 0 Å². The molecule has 0 aliphatic carbocycles. The third kappa shape index (κ3) is 4.31. The molecule has 0 aliphatic rings. The average Bonchev–Trinajstić information content (AvgIpc) is 1.87. The van der Waals surface area contributed by atoms with Crippen LogP contribution in [-0.2, 0) is 0 Å². The molecule has 0 spiro atoms. The van der Waals surface area contributed by atoms with Crippen molar-refractivity contribution in [3.8, 4) is 0 Å². The van der Waals surface area contributed by atoms with Crippen molar-refractivity contribution in [1.82, 2.24) is 0 Å². The maximum Gasteiger partial charge on any atom is -0.00402 e. The highest BCUT2D eigenvalue weighted by molar-refractivity contribution is 7.80. The van der Waals surface area contributed by atoms with E-state index in [1.54, 1.807) is 0 Å². The molecule has 0 radical (unpaired) electrons. The van der Waals surface area contributed by atoms with E-state index in [-0.39, 0.29) is 0 Å². The summed E-state index contributed by atoms with van der Waals surface area (Å²) in [6.07, 6.45) is 1.02. The Morgan fingerprint density at radius 3 is 2.09 bits per heavy atom. The molecule has 0 amide bonds. The lowest BCUT2D eigenvalue weighted by atomic mass is 9.94. The average molecular weight is 170 g/mol. The van der Waals surface area contributed by atoms with Gasteiger partial charge in [0.1, 0.15) is 0 Å². The lowest BCUT2D eigenvalue weighted by Gasteiger charge is -2.13. The fourth-order valence-electron chi connectivity index (χ4n) is 0.712. The zero-order chi connectivity index (χ0) is 9.02. The highest BCUT2D eigenvalue weighted by atomic mass is 32.1. The predicted octanol–water partition coefficient (Wildman–Crippen LogP) is 3.61. The number of thiocarbonyl (C=S) groups is 1. The van der Waals surface area contributed by atoms with Crippen LogP contribution >= 0.6 is 12.2 Å². The monoisotopic (exact) mass is 170 g/mol. The number of hydrogen-bond acceptors (Lipinski definition) is 1. The lowest BCUT2D eigenvalue weighted by molar-refractivity contribution is 0.699. The quantitative estimate of drug-likeness (QED) is 0.459. The van der Waals surface area contributed by atoms with Gasteiger partial charge in [-0.15, -0.1) is 0 Å². The summed E-state index contributed by atoms with van der Waals surface area (Å²) in [4.78, 5) is 1.17. The van der Waals surface area contributed by atoms with E-state index in [1.807, 2.05) is 0 Å². The van der Waals surface area contributed by atoms with E-state index in [2.05, 4.69) is 34.3 Å². The lowest BCUT2D eigenvalue weighted by Crippen LogP contribution is -2.09. The Labute approximate surface area is 75.7 Å². The summed E-state index contributed by atoms with van der Waals surface area (Å²) in [5.41, 5.74) is 1.23. The molecule has 0 heterocycles. The topological polar surface area (TPSA) is 0 Å². The van der Waals surface area contributed by atoms with Crippen molar-refractivity contribution in [1.29, 1.82) is 0 Å². The highest BCUT2D eigenvalue weighted by Crippen LogP contribution is 2.15. The maximum atomic E-state index is 5.23. The van der Waals surface area contributed by atoms with Crippen molar-refractivity contribution >= 4 is 17.1 Å². The van der Waals surface area contributed by atoms with Crippen molar-refractivity contribution in [2.24, 2.45) is 11.8 Å². The Morgan fingerprint density at radius 1 is 1.36 bits per heavy atom.